The van der Waals surface area contributed by atoms with Gasteiger partial charge in [0, 0.05) is 35.9 Å². The second-order valence-electron chi connectivity index (χ2n) is 6.41. The highest BCUT2D eigenvalue weighted by molar-refractivity contribution is 5.91. The molecule has 9 heteroatoms. The van der Waals surface area contributed by atoms with E-state index in [1.807, 2.05) is 30.3 Å². The van der Waals surface area contributed by atoms with Crippen molar-refractivity contribution in [2.75, 3.05) is 13.3 Å². The first-order valence-corrected chi connectivity index (χ1v) is 9.20. The lowest BCUT2D eigenvalue weighted by Crippen LogP contribution is -2.24. The number of nitrogens with one attached hydrogen (secondary N) is 1. The van der Waals surface area contributed by atoms with Crippen LogP contribution in [0.25, 0.3) is 6.08 Å². The minimum absolute atomic E-state index is 0.0221. The van der Waals surface area contributed by atoms with Crippen LogP contribution in [0.15, 0.2) is 48.5 Å². The van der Waals surface area contributed by atoms with E-state index in [4.69, 9.17) is 14.2 Å². The van der Waals surface area contributed by atoms with E-state index in [0.29, 0.717) is 16.9 Å². The number of nitrogens with zero attached hydrogens (tertiary/aromatic N) is 1. The first kappa shape index (κ1) is 21.0. The normalized spacial score (nSPS) is 12.7. The second kappa shape index (κ2) is 10.2. The van der Waals surface area contributed by atoms with E-state index < -0.39 is 10.9 Å². The molecule has 0 aliphatic carbocycles. The maximum absolute atomic E-state index is 12.0. The SMILES string of the molecule is O=C(/C=C/c1ccccc1)NCCC(=O)OCc1cc([N+](=O)[O-])cc2c1OCOC2. The molecule has 9 nitrogen and oxygen atoms in total. The summed E-state index contributed by atoms with van der Waals surface area (Å²) in [5, 5.41) is 13.7. The van der Waals surface area contributed by atoms with Gasteiger partial charge in [-0.25, -0.2) is 0 Å². The van der Waals surface area contributed by atoms with Crippen molar-refractivity contribution in [3.8, 4) is 5.75 Å². The van der Waals surface area contributed by atoms with Crippen LogP contribution >= 0.6 is 0 Å². The minimum atomic E-state index is -0.547. The van der Waals surface area contributed by atoms with Gasteiger partial charge in [0.2, 0.25) is 5.91 Å². The van der Waals surface area contributed by atoms with E-state index in [1.165, 1.54) is 18.2 Å². The predicted octanol–water partition coefficient (Wildman–Crippen LogP) is 2.72. The number of fused-ring (bicyclic) bond motifs is 1. The Morgan fingerprint density at radius 1 is 1.23 bits per heavy atom. The Labute approximate surface area is 172 Å². The fourth-order valence-corrected chi connectivity index (χ4v) is 2.81. The highest BCUT2D eigenvalue weighted by Crippen LogP contribution is 2.33. The largest absolute Gasteiger partial charge is 0.467 e. The van der Waals surface area contributed by atoms with Crippen molar-refractivity contribution < 1.29 is 28.7 Å². The average Bonchev–Trinajstić information content (AvgIpc) is 2.76. The van der Waals surface area contributed by atoms with Crippen LogP contribution in [0.5, 0.6) is 5.75 Å². The Bertz CT molecular complexity index is 957. The van der Waals surface area contributed by atoms with Gasteiger partial charge in [0.05, 0.1) is 18.0 Å². The fraction of sp³-hybridized carbons (Fsp3) is 0.238. The molecule has 1 N–H and O–H groups in total. The molecule has 2 aromatic carbocycles. The van der Waals surface area contributed by atoms with Gasteiger partial charge in [0.25, 0.3) is 5.69 Å². The molecule has 0 saturated carbocycles. The molecule has 0 bridgehead atoms. The highest BCUT2D eigenvalue weighted by Gasteiger charge is 2.21. The van der Waals surface area contributed by atoms with E-state index in [0.717, 1.165) is 5.56 Å². The summed E-state index contributed by atoms with van der Waals surface area (Å²) in [4.78, 5) is 34.3. The summed E-state index contributed by atoms with van der Waals surface area (Å²) in [5.74, 6) is -0.443. The molecule has 1 aliphatic rings. The molecule has 0 atom stereocenters. The number of rotatable bonds is 8. The number of nitro groups is 1. The molecular formula is C21H20N2O7. The van der Waals surface area contributed by atoms with Gasteiger partial charge in [0.15, 0.2) is 6.79 Å². The Morgan fingerprint density at radius 2 is 2.03 bits per heavy atom. The number of hydrogen-bond acceptors (Lipinski definition) is 7. The Hall–Kier alpha value is -3.72. The molecule has 0 radical (unpaired) electrons. The quantitative estimate of drug-likeness (QED) is 0.307. The first-order chi connectivity index (χ1) is 14.5. The Morgan fingerprint density at radius 3 is 2.80 bits per heavy atom. The van der Waals surface area contributed by atoms with E-state index in [2.05, 4.69) is 5.32 Å². The molecule has 1 heterocycles. The van der Waals surface area contributed by atoms with Gasteiger partial charge in [-0.3, -0.25) is 19.7 Å². The van der Waals surface area contributed by atoms with Crippen LogP contribution in [0.2, 0.25) is 0 Å². The maximum Gasteiger partial charge on any atom is 0.307 e. The summed E-state index contributed by atoms with van der Waals surface area (Å²) in [7, 11) is 0. The number of carbonyl (C=O) groups is 2. The van der Waals surface area contributed by atoms with Crippen molar-refractivity contribution in [1.29, 1.82) is 0 Å². The van der Waals surface area contributed by atoms with E-state index in [-0.39, 0.29) is 44.6 Å². The number of ether oxygens (including phenoxy) is 3. The lowest BCUT2D eigenvalue weighted by atomic mass is 10.1. The standard InChI is InChI=1S/C21H20N2O7/c24-19(7-6-15-4-2-1-3-5-15)22-9-8-20(25)29-13-17-11-18(23(26)27)10-16-12-28-14-30-21(16)17/h1-7,10-11H,8-9,12-14H2,(H,22,24)/b7-6+. The van der Waals surface area contributed by atoms with E-state index in [1.54, 1.807) is 6.08 Å². The number of carbonyl (C=O) groups excluding carboxylic acids is 2. The lowest BCUT2D eigenvalue weighted by molar-refractivity contribution is -0.385. The van der Waals surface area contributed by atoms with E-state index in [9.17, 15) is 19.7 Å². The molecule has 30 heavy (non-hydrogen) atoms. The topological polar surface area (TPSA) is 117 Å². The van der Waals surface area contributed by atoms with Crippen molar-refractivity contribution in [1.82, 2.24) is 5.32 Å². The van der Waals surface area contributed by atoms with Crippen molar-refractivity contribution in [2.45, 2.75) is 19.6 Å². The summed E-state index contributed by atoms with van der Waals surface area (Å²) in [6.45, 7) is 0.133. The Kier molecular flexibility index (Phi) is 7.12. The molecular weight excluding hydrogens is 392 g/mol. The Balaban J connectivity index is 1.48. The third-order valence-electron chi connectivity index (χ3n) is 4.23. The summed E-state index contributed by atoms with van der Waals surface area (Å²) in [6, 6.07) is 12.0. The zero-order chi connectivity index (χ0) is 21.3. The molecule has 0 fully saturated rings. The molecule has 156 valence electrons. The van der Waals surface area contributed by atoms with Crippen molar-refractivity contribution >= 4 is 23.6 Å². The zero-order valence-corrected chi connectivity index (χ0v) is 16.0. The summed E-state index contributed by atoms with van der Waals surface area (Å²) in [5.41, 5.74) is 1.68. The summed E-state index contributed by atoms with van der Waals surface area (Å²) < 4.78 is 15.7. The monoisotopic (exact) mass is 412 g/mol. The summed E-state index contributed by atoms with van der Waals surface area (Å²) >= 11 is 0. The first-order valence-electron chi connectivity index (χ1n) is 9.20. The van der Waals surface area contributed by atoms with Crippen LogP contribution in [-0.2, 0) is 32.3 Å². The highest BCUT2D eigenvalue weighted by atomic mass is 16.7. The van der Waals surface area contributed by atoms with Crippen molar-refractivity contribution in [3.63, 3.8) is 0 Å². The van der Waals surface area contributed by atoms with Gasteiger partial charge in [-0.1, -0.05) is 30.3 Å². The maximum atomic E-state index is 12.0. The third kappa shape index (κ3) is 5.89. The van der Waals surface area contributed by atoms with Crippen LogP contribution in [0.3, 0.4) is 0 Å². The molecule has 0 unspecified atom stereocenters. The lowest BCUT2D eigenvalue weighted by Gasteiger charge is -2.20. The number of nitro benzene ring substituents is 1. The van der Waals surface area contributed by atoms with Crippen LogP contribution in [0, 0.1) is 10.1 Å². The molecule has 1 aliphatic heterocycles. The van der Waals surface area contributed by atoms with Gasteiger partial charge < -0.3 is 19.5 Å². The third-order valence-corrected chi connectivity index (χ3v) is 4.23. The van der Waals surface area contributed by atoms with Crippen LogP contribution in [0.4, 0.5) is 5.69 Å². The number of esters is 1. The van der Waals surface area contributed by atoms with Crippen LogP contribution in [-0.4, -0.2) is 30.1 Å². The number of non-ortho nitro benzene ring substituents is 1. The van der Waals surface area contributed by atoms with Gasteiger partial charge in [0.1, 0.15) is 12.4 Å². The van der Waals surface area contributed by atoms with Gasteiger partial charge in [-0.2, -0.15) is 0 Å². The van der Waals surface area contributed by atoms with Crippen molar-refractivity contribution in [2.24, 2.45) is 0 Å². The van der Waals surface area contributed by atoms with Gasteiger partial charge >= 0.3 is 5.97 Å². The smallest absolute Gasteiger partial charge is 0.307 e. The minimum Gasteiger partial charge on any atom is -0.467 e. The number of hydrogen-bond donors (Lipinski definition) is 1. The van der Waals surface area contributed by atoms with Crippen molar-refractivity contribution in [3.05, 3.63) is 75.3 Å². The number of amides is 1. The summed E-state index contributed by atoms with van der Waals surface area (Å²) in [6.07, 6.45) is 3.02. The second-order valence-corrected chi connectivity index (χ2v) is 6.41. The molecule has 0 aromatic heterocycles. The van der Waals surface area contributed by atoms with E-state index >= 15 is 0 Å². The molecule has 2 aromatic rings. The molecule has 3 rings (SSSR count). The predicted molar refractivity (Wildman–Crippen MR) is 106 cm³/mol. The van der Waals surface area contributed by atoms with Crippen LogP contribution in [0.1, 0.15) is 23.1 Å². The fourth-order valence-electron chi connectivity index (χ4n) is 2.81. The van der Waals surface area contributed by atoms with Gasteiger partial charge in [-0.15, -0.1) is 0 Å². The molecule has 0 spiro atoms. The van der Waals surface area contributed by atoms with Crippen LogP contribution < -0.4 is 10.1 Å². The average molecular weight is 412 g/mol. The van der Waals surface area contributed by atoms with Gasteiger partial charge in [-0.05, 0) is 11.6 Å². The zero-order valence-electron chi connectivity index (χ0n) is 16.0. The molecule has 0 saturated heterocycles. The molecule has 1 amide bonds. The number of benzene rings is 2.